The van der Waals surface area contributed by atoms with Gasteiger partial charge in [-0.3, -0.25) is 4.79 Å². The Labute approximate surface area is 94.1 Å². The third-order valence-electron chi connectivity index (χ3n) is 2.07. The van der Waals surface area contributed by atoms with Crippen LogP contribution in [-0.2, 0) is 11.2 Å². The van der Waals surface area contributed by atoms with E-state index in [-0.39, 0.29) is 11.3 Å². The van der Waals surface area contributed by atoms with Gasteiger partial charge >= 0.3 is 11.8 Å². The summed E-state index contributed by atoms with van der Waals surface area (Å²) in [6, 6.07) is 0.766. The van der Waals surface area contributed by atoms with E-state index in [1.54, 1.807) is 0 Å². The Bertz CT molecular complexity index is 476. The number of hydrogen-bond donors (Lipinski definition) is 1. The Balaban J connectivity index is 3.38. The van der Waals surface area contributed by atoms with Gasteiger partial charge in [-0.25, -0.2) is 8.78 Å². The molecule has 1 aromatic heterocycles. The van der Waals surface area contributed by atoms with Gasteiger partial charge in [-0.1, -0.05) is 0 Å². The van der Waals surface area contributed by atoms with Crippen molar-refractivity contribution < 1.29 is 23.6 Å². The average Bonchev–Trinajstić information content (AvgIpc) is 2.14. The Kier molecular flexibility index (Phi) is 3.66. The highest BCUT2D eigenvalue weighted by molar-refractivity contribution is 5.71. The molecular weight excluding hydrogens is 238 g/mol. The van der Waals surface area contributed by atoms with E-state index < -0.39 is 35.1 Å². The molecule has 0 atom stereocenters. The van der Waals surface area contributed by atoms with E-state index in [2.05, 4.69) is 4.98 Å². The first-order valence-electron chi connectivity index (χ1n) is 4.47. The van der Waals surface area contributed by atoms with E-state index in [1.165, 1.54) is 6.92 Å². The quantitative estimate of drug-likeness (QED) is 0.646. The maximum absolute atomic E-state index is 12.7. The predicted molar refractivity (Wildman–Crippen MR) is 51.9 cm³/mol. The Morgan fingerprint density at radius 3 is 2.65 bits per heavy atom. The number of pyridine rings is 1. The van der Waals surface area contributed by atoms with E-state index in [0.29, 0.717) is 0 Å². The summed E-state index contributed by atoms with van der Waals surface area (Å²) in [6.07, 6.45) is -3.62. The van der Waals surface area contributed by atoms with Crippen LogP contribution in [0.5, 0.6) is 0 Å². The van der Waals surface area contributed by atoms with Crippen molar-refractivity contribution in [3.8, 4) is 0 Å². The Hall–Kier alpha value is -2.12. The molecule has 1 aromatic rings. The number of carboxylic acids is 1. The second kappa shape index (κ2) is 4.81. The van der Waals surface area contributed by atoms with Crippen molar-refractivity contribution >= 4 is 11.8 Å². The fraction of sp³-hybridized carbons (Fsp3) is 0.333. The van der Waals surface area contributed by atoms with Crippen LogP contribution in [0.25, 0.3) is 0 Å². The van der Waals surface area contributed by atoms with Crippen LogP contribution < -0.4 is 0 Å². The van der Waals surface area contributed by atoms with Crippen LogP contribution in [0.2, 0.25) is 0 Å². The van der Waals surface area contributed by atoms with Gasteiger partial charge in [-0.15, -0.1) is 0 Å². The maximum atomic E-state index is 12.7. The van der Waals surface area contributed by atoms with Crippen molar-refractivity contribution in [2.45, 2.75) is 19.8 Å². The summed E-state index contributed by atoms with van der Waals surface area (Å²) in [5, 5.41) is 19.0. The van der Waals surface area contributed by atoms with Gasteiger partial charge in [0.25, 0.3) is 6.43 Å². The summed E-state index contributed by atoms with van der Waals surface area (Å²) in [5.41, 5.74) is -1.07. The van der Waals surface area contributed by atoms with Crippen LogP contribution in [0.15, 0.2) is 6.07 Å². The number of rotatable bonds is 4. The molecule has 0 bridgehead atoms. The summed E-state index contributed by atoms with van der Waals surface area (Å²) in [5.74, 6) is -1.98. The predicted octanol–water partition coefficient (Wildman–Crippen LogP) is 1.86. The van der Waals surface area contributed by atoms with Crippen LogP contribution in [0, 0.1) is 17.0 Å². The molecule has 92 valence electrons. The van der Waals surface area contributed by atoms with E-state index in [9.17, 15) is 23.7 Å². The number of nitrogens with zero attached hydrogens (tertiary/aromatic N) is 2. The lowest BCUT2D eigenvalue weighted by Crippen LogP contribution is -2.08. The fourth-order valence-corrected chi connectivity index (χ4v) is 1.43. The first-order valence-corrected chi connectivity index (χ1v) is 4.47. The first-order chi connectivity index (χ1) is 7.82. The van der Waals surface area contributed by atoms with Gasteiger partial charge in [0.2, 0.25) is 0 Å². The summed E-state index contributed by atoms with van der Waals surface area (Å²) in [7, 11) is 0. The normalized spacial score (nSPS) is 10.6. The molecule has 1 N–H and O–H groups in total. The number of aryl methyl sites for hydroxylation is 1. The van der Waals surface area contributed by atoms with Gasteiger partial charge in [0.15, 0.2) is 5.69 Å². The number of alkyl halides is 2. The minimum Gasteiger partial charge on any atom is -0.481 e. The lowest BCUT2D eigenvalue weighted by Gasteiger charge is -2.07. The van der Waals surface area contributed by atoms with Crippen molar-refractivity contribution in [3.05, 3.63) is 33.0 Å². The summed E-state index contributed by atoms with van der Waals surface area (Å²) in [4.78, 5) is 23.5. The maximum Gasteiger partial charge on any atom is 0.363 e. The molecular formula is C9H8F2N2O4. The van der Waals surface area contributed by atoms with E-state index >= 15 is 0 Å². The van der Waals surface area contributed by atoms with Gasteiger partial charge in [0, 0.05) is 13.0 Å². The monoisotopic (exact) mass is 246 g/mol. The van der Waals surface area contributed by atoms with Crippen molar-refractivity contribution in [2.24, 2.45) is 0 Å². The summed E-state index contributed by atoms with van der Waals surface area (Å²) < 4.78 is 25.3. The first kappa shape index (κ1) is 12.9. The van der Waals surface area contributed by atoms with Crippen LogP contribution >= 0.6 is 0 Å². The summed E-state index contributed by atoms with van der Waals surface area (Å²) in [6.45, 7) is 1.18. The molecule has 0 aliphatic heterocycles. The van der Waals surface area contributed by atoms with Gasteiger partial charge in [0.1, 0.15) is 0 Å². The molecule has 0 saturated heterocycles. The van der Waals surface area contributed by atoms with Crippen LogP contribution in [0.1, 0.15) is 23.2 Å². The molecule has 0 radical (unpaired) electrons. The number of nitro groups is 1. The molecule has 1 rings (SSSR count). The number of carbonyl (C=O) groups is 1. The topological polar surface area (TPSA) is 93.3 Å². The van der Waals surface area contributed by atoms with Crippen molar-refractivity contribution in [1.29, 1.82) is 0 Å². The third-order valence-corrected chi connectivity index (χ3v) is 2.07. The third kappa shape index (κ3) is 2.92. The number of carboxylic acid groups (broad SMARTS) is 1. The van der Waals surface area contributed by atoms with Crippen molar-refractivity contribution in [1.82, 2.24) is 4.98 Å². The second-order valence-corrected chi connectivity index (χ2v) is 3.27. The largest absolute Gasteiger partial charge is 0.481 e. The summed E-state index contributed by atoms with van der Waals surface area (Å²) >= 11 is 0. The molecule has 0 aliphatic carbocycles. The highest BCUT2D eigenvalue weighted by atomic mass is 19.3. The molecule has 0 aromatic carbocycles. The van der Waals surface area contributed by atoms with Gasteiger partial charge in [-0.2, -0.15) is 0 Å². The Morgan fingerprint density at radius 2 is 2.24 bits per heavy atom. The standard InChI is InChI=1S/C9H8F2N2O4/c1-4-8(9(10)11)5(3-7(14)15)2-6(12-4)13(16)17/h2,9H,3H2,1H3,(H,14,15). The molecule has 6 nitrogen and oxygen atoms in total. The molecule has 17 heavy (non-hydrogen) atoms. The van der Waals surface area contributed by atoms with Gasteiger partial charge in [0.05, 0.1) is 12.0 Å². The van der Waals surface area contributed by atoms with E-state index in [0.717, 1.165) is 6.07 Å². The molecule has 0 saturated carbocycles. The molecule has 0 aliphatic rings. The van der Waals surface area contributed by atoms with E-state index in [4.69, 9.17) is 5.11 Å². The lowest BCUT2D eigenvalue weighted by atomic mass is 10.0. The van der Waals surface area contributed by atoms with Crippen molar-refractivity contribution in [2.75, 3.05) is 0 Å². The minimum absolute atomic E-state index is 0.231. The van der Waals surface area contributed by atoms with Gasteiger partial charge in [-0.05, 0) is 15.5 Å². The molecule has 0 unspecified atom stereocenters. The molecule has 8 heteroatoms. The number of aromatic nitrogens is 1. The number of hydrogen-bond acceptors (Lipinski definition) is 4. The smallest absolute Gasteiger partial charge is 0.363 e. The number of halogens is 2. The fourth-order valence-electron chi connectivity index (χ4n) is 1.43. The molecule has 1 heterocycles. The highest BCUT2D eigenvalue weighted by Gasteiger charge is 2.25. The molecule has 0 fully saturated rings. The highest BCUT2D eigenvalue weighted by Crippen LogP contribution is 2.28. The van der Waals surface area contributed by atoms with Crippen molar-refractivity contribution in [3.63, 3.8) is 0 Å². The zero-order valence-electron chi connectivity index (χ0n) is 8.68. The van der Waals surface area contributed by atoms with Crippen LogP contribution in [-0.4, -0.2) is 21.0 Å². The SMILES string of the molecule is Cc1nc([N+](=O)[O-])cc(CC(=O)O)c1C(F)F. The second-order valence-electron chi connectivity index (χ2n) is 3.27. The zero-order valence-corrected chi connectivity index (χ0v) is 8.68. The van der Waals surface area contributed by atoms with Crippen LogP contribution in [0.4, 0.5) is 14.6 Å². The Morgan fingerprint density at radius 1 is 1.65 bits per heavy atom. The van der Waals surface area contributed by atoms with Gasteiger partial charge < -0.3 is 15.2 Å². The molecule has 0 spiro atoms. The number of aliphatic carboxylic acids is 1. The minimum atomic E-state index is -2.92. The average molecular weight is 246 g/mol. The molecule has 0 amide bonds. The zero-order chi connectivity index (χ0) is 13.2. The lowest BCUT2D eigenvalue weighted by molar-refractivity contribution is -0.389. The van der Waals surface area contributed by atoms with E-state index in [1.807, 2.05) is 0 Å². The van der Waals surface area contributed by atoms with Crippen LogP contribution in [0.3, 0.4) is 0 Å².